The molecule has 0 bridgehead atoms. The van der Waals surface area contributed by atoms with Crippen LogP contribution in [0.1, 0.15) is 5.56 Å². The minimum absolute atomic E-state index is 0.0285. The van der Waals surface area contributed by atoms with E-state index in [1.54, 1.807) is 30.3 Å². The number of carbonyl (C=O) groups is 2. The highest BCUT2D eigenvalue weighted by Gasteiger charge is 2.33. The summed E-state index contributed by atoms with van der Waals surface area (Å²) in [6.45, 7) is 0. The van der Waals surface area contributed by atoms with Gasteiger partial charge < -0.3 is 10.2 Å². The number of nitriles is 1. The molecule has 0 heterocycles. The van der Waals surface area contributed by atoms with Crippen LogP contribution in [-0.2, 0) is 16.0 Å². The predicted molar refractivity (Wildman–Crippen MR) is 58.0 cm³/mol. The van der Waals surface area contributed by atoms with Gasteiger partial charge in [-0.3, -0.25) is 9.59 Å². The van der Waals surface area contributed by atoms with Crippen molar-refractivity contribution in [1.29, 1.82) is 5.26 Å². The van der Waals surface area contributed by atoms with Crippen LogP contribution < -0.4 is 0 Å². The number of carboxylic acids is 2. The Balaban J connectivity index is 2.92. The summed E-state index contributed by atoms with van der Waals surface area (Å²) in [5.74, 6) is -5.45. The first kappa shape index (κ1) is 12.7. The maximum atomic E-state index is 11.0. The van der Waals surface area contributed by atoms with Gasteiger partial charge in [0.2, 0.25) is 0 Å². The monoisotopic (exact) mass is 233 g/mol. The second kappa shape index (κ2) is 5.66. The van der Waals surface area contributed by atoms with Crippen molar-refractivity contribution in [2.24, 2.45) is 11.8 Å². The number of carboxylic acid groups (broad SMARTS) is 2. The SMILES string of the molecule is N#CC(C(=O)O)C(Cc1ccccc1)C(=O)O. The first-order valence-electron chi connectivity index (χ1n) is 4.95. The van der Waals surface area contributed by atoms with E-state index < -0.39 is 23.8 Å². The van der Waals surface area contributed by atoms with Gasteiger partial charge in [0.25, 0.3) is 0 Å². The van der Waals surface area contributed by atoms with Crippen LogP contribution >= 0.6 is 0 Å². The zero-order valence-electron chi connectivity index (χ0n) is 8.91. The van der Waals surface area contributed by atoms with Crippen LogP contribution in [0, 0.1) is 23.2 Å². The Kier molecular flexibility index (Phi) is 4.23. The van der Waals surface area contributed by atoms with Gasteiger partial charge in [-0.05, 0) is 12.0 Å². The minimum atomic E-state index is -1.53. The third kappa shape index (κ3) is 3.31. The summed E-state index contributed by atoms with van der Waals surface area (Å²) in [5, 5.41) is 26.5. The lowest BCUT2D eigenvalue weighted by Crippen LogP contribution is -2.30. The van der Waals surface area contributed by atoms with E-state index in [1.807, 2.05) is 0 Å². The molecular formula is C12H11NO4. The number of hydrogen-bond donors (Lipinski definition) is 2. The highest BCUT2D eigenvalue weighted by molar-refractivity contribution is 5.82. The first-order valence-corrected chi connectivity index (χ1v) is 4.95. The molecule has 0 aliphatic heterocycles. The zero-order chi connectivity index (χ0) is 12.8. The van der Waals surface area contributed by atoms with Gasteiger partial charge in [0.05, 0.1) is 12.0 Å². The van der Waals surface area contributed by atoms with Crippen LogP contribution in [0.4, 0.5) is 0 Å². The van der Waals surface area contributed by atoms with Crippen LogP contribution in [0.2, 0.25) is 0 Å². The molecular weight excluding hydrogens is 222 g/mol. The van der Waals surface area contributed by atoms with Crippen molar-refractivity contribution >= 4 is 11.9 Å². The molecule has 0 aliphatic carbocycles. The summed E-state index contributed by atoms with van der Waals surface area (Å²) in [5.41, 5.74) is 0.696. The summed E-state index contributed by atoms with van der Waals surface area (Å²) in [6.07, 6.45) is 0.0285. The molecule has 2 atom stereocenters. The molecule has 0 amide bonds. The number of benzene rings is 1. The largest absolute Gasteiger partial charge is 0.481 e. The summed E-state index contributed by atoms with van der Waals surface area (Å²) < 4.78 is 0. The van der Waals surface area contributed by atoms with Gasteiger partial charge in [-0.1, -0.05) is 30.3 Å². The lowest BCUT2D eigenvalue weighted by atomic mass is 9.88. The van der Waals surface area contributed by atoms with E-state index in [9.17, 15) is 9.59 Å². The van der Waals surface area contributed by atoms with E-state index in [2.05, 4.69) is 0 Å². The summed E-state index contributed by atoms with van der Waals surface area (Å²) in [6, 6.07) is 10.2. The lowest BCUT2D eigenvalue weighted by Gasteiger charge is -2.14. The second-order valence-corrected chi connectivity index (χ2v) is 3.58. The van der Waals surface area contributed by atoms with Crippen LogP contribution in [0.25, 0.3) is 0 Å². The maximum absolute atomic E-state index is 11.0. The van der Waals surface area contributed by atoms with Crippen LogP contribution in [0.5, 0.6) is 0 Å². The standard InChI is InChI=1S/C12H11NO4/c13-7-10(12(16)17)9(11(14)15)6-8-4-2-1-3-5-8/h1-5,9-10H,6H2,(H,14,15)(H,16,17). The van der Waals surface area contributed by atoms with E-state index >= 15 is 0 Å². The Morgan fingerprint density at radius 2 is 1.76 bits per heavy atom. The molecule has 0 saturated carbocycles. The smallest absolute Gasteiger partial charge is 0.321 e. The molecule has 1 aromatic rings. The van der Waals surface area contributed by atoms with Gasteiger partial charge >= 0.3 is 11.9 Å². The molecule has 0 aromatic heterocycles. The van der Waals surface area contributed by atoms with Crippen molar-refractivity contribution in [3.8, 4) is 6.07 Å². The fourth-order valence-electron chi connectivity index (χ4n) is 1.53. The number of hydrogen-bond acceptors (Lipinski definition) is 3. The van der Waals surface area contributed by atoms with E-state index in [-0.39, 0.29) is 6.42 Å². The average Bonchev–Trinajstić information content (AvgIpc) is 2.29. The van der Waals surface area contributed by atoms with Crippen molar-refractivity contribution in [1.82, 2.24) is 0 Å². The number of rotatable bonds is 5. The van der Waals surface area contributed by atoms with Crippen molar-refractivity contribution in [2.45, 2.75) is 6.42 Å². The maximum Gasteiger partial charge on any atom is 0.321 e. The van der Waals surface area contributed by atoms with Crippen LogP contribution in [0.15, 0.2) is 30.3 Å². The van der Waals surface area contributed by atoms with Crippen LogP contribution in [-0.4, -0.2) is 22.2 Å². The lowest BCUT2D eigenvalue weighted by molar-refractivity contribution is -0.151. The van der Waals surface area contributed by atoms with Crippen LogP contribution in [0.3, 0.4) is 0 Å². The number of aliphatic carboxylic acids is 2. The van der Waals surface area contributed by atoms with E-state index in [1.165, 1.54) is 6.07 Å². The molecule has 5 heteroatoms. The minimum Gasteiger partial charge on any atom is -0.481 e. The average molecular weight is 233 g/mol. The van der Waals surface area contributed by atoms with Gasteiger partial charge in [-0.25, -0.2) is 0 Å². The molecule has 0 aliphatic rings. The third-order valence-corrected chi connectivity index (χ3v) is 2.42. The predicted octanol–water partition coefficient (Wildman–Crippen LogP) is 1.15. The topological polar surface area (TPSA) is 98.4 Å². The summed E-state index contributed by atoms with van der Waals surface area (Å²) in [4.78, 5) is 21.8. The highest BCUT2D eigenvalue weighted by atomic mass is 16.4. The summed E-state index contributed by atoms with van der Waals surface area (Å²) in [7, 11) is 0. The fraction of sp³-hybridized carbons (Fsp3) is 0.250. The fourth-order valence-corrected chi connectivity index (χ4v) is 1.53. The Morgan fingerprint density at radius 3 is 2.18 bits per heavy atom. The van der Waals surface area contributed by atoms with E-state index in [0.717, 1.165) is 0 Å². The zero-order valence-corrected chi connectivity index (χ0v) is 8.91. The molecule has 0 saturated heterocycles. The Bertz CT molecular complexity index is 449. The van der Waals surface area contributed by atoms with Gasteiger partial charge in [-0.15, -0.1) is 0 Å². The van der Waals surface area contributed by atoms with Gasteiger partial charge in [0.1, 0.15) is 0 Å². The van der Waals surface area contributed by atoms with Crippen molar-refractivity contribution < 1.29 is 19.8 Å². The quantitative estimate of drug-likeness (QED) is 0.794. The van der Waals surface area contributed by atoms with E-state index in [0.29, 0.717) is 5.56 Å². The van der Waals surface area contributed by atoms with Crippen molar-refractivity contribution in [3.05, 3.63) is 35.9 Å². The molecule has 0 radical (unpaired) electrons. The molecule has 0 fully saturated rings. The van der Waals surface area contributed by atoms with Crippen molar-refractivity contribution in [2.75, 3.05) is 0 Å². The van der Waals surface area contributed by atoms with Gasteiger partial charge in [0.15, 0.2) is 5.92 Å². The highest BCUT2D eigenvalue weighted by Crippen LogP contribution is 2.18. The Morgan fingerprint density at radius 1 is 1.18 bits per heavy atom. The Hall–Kier alpha value is -2.35. The van der Waals surface area contributed by atoms with E-state index in [4.69, 9.17) is 15.5 Å². The number of nitrogens with zero attached hydrogens (tertiary/aromatic N) is 1. The molecule has 5 nitrogen and oxygen atoms in total. The molecule has 1 aromatic carbocycles. The molecule has 17 heavy (non-hydrogen) atoms. The second-order valence-electron chi connectivity index (χ2n) is 3.58. The molecule has 2 N–H and O–H groups in total. The van der Waals surface area contributed by atoms with Crippen molar-refractivity contribution in [3.63, 3.8) is 0 Å². The molecule has 1 rings (SSSR count). The Labute approximate surface area is 97.9 Å². The van der Waals surface area contributed by atoms with Gasteiger partial charge in [-0.2, -0.15) is 5.26 Å². The summed E-state index contributed by atoms with van der Waals surface area (Å²) >= 11 is 0. The third-order valence-electron chi connectivity index (χ3n) is 2.42. The van der Waals surface area contributed by atoms with Gasteiger partial charge in [0, 0.05) is 0 Å². The molecule has 0 spiro atoms. The first-order chi connectivity index (χ1) is 8.06. The normalized spacial score (nSPS) is 13.4. The molecule has 2 unspecified atom stereocenters. The molecule has 88 valence electrons.